The molecule has 1 saturated heterocycles. The van der Waals surface area contributed by atoms with Crippen molar-refractivity contribution in [3.63, 3.8) is 0 Å². The van der Waals surface area contributed by atoms with Gasteiger partial charge in [0.2, 0.25) is 0 Å². The smallest absolute Gasteiger partial charge is 0.191 e. The molecule has 4 rings (SSSR count). The maximum absolute atomic E-state index is 5.90. The Morgan fingerprint density at radius 1 is 1.41 bits per heavy atom. The van der Waals surface area contributed by atoms with E-state index in [2.05, 4.69) is 53.6 Å². The predicted octanol–water partition coefficient (Wildman–Crippen LogP) is 2.14. The minimum absolute atomic E-state index is 0.129. The van der Waals surface area contributed by atoms with E-state index in [0.717, 1.165) is 36.8 Å². The van der Waals surface area contributed by atoms with Gasteiger partial charge < -0.3 is 15.4 Å². The molecule has 2 aromatic rings. The van der Waals surface area contributed by atoms with Crippen molar-refractivity contribution < 1.29 is 4.74 Å². The molecular formula is C20H28N6O. The first-order chi connectivity index (χ1) is 13.1. The highest BCUT2D eigenvalue weighted by atomic mass is 16.5. The molecule has 0 spiro atoms. The molecule has 1 aromatic heterocycles. The second-order valence-corrected chi connectivity index (χ2v) is 7.89. The first-order valence-electron chi connectivity index (χ1n) is 9.70. The Morgan fingerprint density at radius 3 is 3.07 bits per heavy atom. The Hall–Kier alpha value is -2.41. The van der Waals surface area contributed by atoms with Crippen LogP contribution in [0.25, 0.3) is 5.69 Å². The number of nitrogens with zero attached hydrogens (tertiary/aromatic N) is 4. The van der Waals surface area contributed by atoms with E-state index in [1.165, 1.54) is 0 Å². The first kappa shape index (κ1) is 18.0. The molecule has 0 bridgehead atoms. The number of guanidine groups is 1. The van der Waals surface area contributed by atoms with E-state index >= 15 is 0 Å². The van der Waals surface area contributed by atoms with Crippen LogP contribution in [-0.4, -0.2) is 46.0 Å². The van der Waals surface area contributed by atoms with E-state index in [-0.39, 0.29) is 5.41 Å². The zero-order valence-corrected chi connectivity index (χ0v) is 16.2. The lowest BCUT2D eigenvalue weighted by Gasteiger charge is -2.54. The van der Waals surface area contributed by atoms with Gasteiger partial charge in [0.15, 0.2) is 5.96 Å². The first-order valence-corrected chi connectivity index (χ1v) is 9.70. The summed E-state index contributed by atoms with van der Waals surface area (Å²) in [5, 5.41) is 11.2. The molecule has 27 heavy (non-hydrogen) atoms. The summed E-state index contributed by atoms with van der Waals surface area (Å²) in [6.45, 7) is 8.97. The summed E-state index contributed by atoms with van der Waals surface area (Å²) in [7, 11) is 0. The number of fused-ring (bicyclic) bond motifs is 1. The molecule has 1 saturated carbocycles. The van der Waals surface area contributed by atoms with Crippen molar-refractivity contribution in [2.45, 2.75) is 45.9 Å². The Labute approximate surface area is 160 Å². The van der Waals surface area contributed by atoms with Crippen LogP contribution in [-0.2, 0) is 11.3 Å². The monoisotopic (exact) mass is 368 g/mol. The highest BCUT2D eigenvalue weighted by Crippen LogP contribution is 2.52. The van der Waals surface area contributed by atoms with Crippen LogP contribution in [0.3, 0.4) is 0 Å². The fourth-order valence-corrected chi connectivity index (χ4v) is 4.39. The van der Waals surface area contributed by atoms with Gasteiger partial charge in [-0.15, -0.1) is 0 Å². The minimum Gasteiger partial charge on any atom is -0.377 e. The van der Waals surface area contributed by atoms with Crippen molar-refractivity contribution in [2.24, 2.45) is 16.3 Å². The van der Waals surface area contributed by atoms with Crippen molar-refractivity contribution >= 4 is 5.96 Å². The number of benzene rings is 1. The summed E-state index contributed by atoms with van der Waals surface area (Å²) in [4.78, 5) is 8.83. The van der Waals surface area contributed by atoms with Crippen molar-refractivity contribution in [3.8, 4) is 5.69 Å². The van der Waals surface area contributed by atoms with E-state index in [0.29, 0.717) is 24.6 Å². The van der Waals surface area contributed by atoms with E-state index in [4.69, 9.17) is 9.73 Å². The van der Waals surface area contributed by atoms with Crippen LogP contribution < -0.4 is 10.6 Å². The quantitative estimate of drug-likeness (QED) is 0.625. The van der Waals surface area contributed by atoms with Gasteiger partial charge in [0, 0.05) is 30.5 Å². The Balaban J connectivity index is 1.46. The van der Waals surface area contributed by atoms with Crippen molar-refractivity contribution in [2.75, 3.05) is 13.2 Å². The molecular weight excluding hydrogens is 340 g/mol. The van der Waals surface area contributed by atoms with Crippen LogP contribution >= 0.6 is 0 Å². The summed E-state index contributed by atoms with van der Waals surface area (Å²) in [5.41, 5.74) is 2.25. The topological polar surface area (TPSA) is 76.4 Å². The molecule has 2 aliphatic rings. The van der Waals surface area contributed by atoms with Gasteiger partial charge in [-0.3, -0.25) is 0 Å². The predicted molar refractivity (Wildman–Crippen MR) is 105 cm³/mol. The molecule has 1 aliphatic heterocycles. The third-order valence-electron chi connectivity index (χ3n) is 5.75. The molecule has 1 aromatic carbocycles. The van der Waals surface area contributed by atoms with Crippen LogP contribution in [0.15, 0.2) is 41.9 Å². The second kappa shape index (κ2) is 7.31. The van der Waals surface area contributed by atoms with E-state index in [1.807, 2.05) is 12.1 Å². The van der Waals surface area contributed by atoms with E-state index in [1.54, 1.807) is 17.3 Å². The lowest BCUT2D eigenvalue weighted by atomic mass is 9.57. The molecule has 2 heterocycles. The van der Waals surface area contributed by atoms with Crippen LogP contribution in [0.2, 0.25) is 0 Å². The number of aliphatic imine (C=N–C) groups is 1. The van der Waals surface area contributed by atoms with Gasteiger partial charge in [0.05, 0.1) is 18.3 Å². The maximum atomic E-state index is 5.90. The van der Waals surface area contributed by atoms with Crippen LogP contribution in [0, 0.1) is 11.3 Å². The summed E-state index contributed by atoms with van der Waals surface area (Å²) in [6, 6.07) is 8.61. The molecule has 0 amide bonds. The number of hydrogen-bond acceptors (Lipinski definition) is 4. The summed E-state index contributed by atoms with van der Waals surface area (Å²) < 4.78 is 7.66. The molecule has 3 atom stereocenters. The number of rotatable bonds is 5. The van der Waals surface area contributed by atoms with E-state index < -0.39 is 0 Å². The molecule has 0 radical (unpaired) electrons. The standard InChI is InChI=1S/C20H28N6O/c1-4-22-19(25-17-16-8-9-27-18(16)20(17,2)3)23-11-14-6-5-7-15(10-14)26-13-21-12-24-26/h5-7,10,12-13,16-18H,4,8-9,11H2,1-3H3,(H2,22,23,25). The SMILES string of the molecule is CCNC(=NCc1cccc(-n2cncn2)c1)NC1C2CCOC2C1(C)C. The molecule has 7 nitrogen and oxygen atoms in total. The van der Waals surface area contributed by atoms with Crippen molar-refractivity contribution in [1.82, 2.24) is 25.4 Å². The molecule has 2 N–H and O–H groups in total. The number of hydrogen-bond donors (Lipinski definition) is 2. The summed E-state index contributed by atoms with van der Waals surface area (Å²) in [5.74, 6) is 1.45. The third-order valence-corrected chi connectivity index (χ3v) is 5.75. The average Bonchev–Trinajstić information content (AvgIpc) is 3.35. The van der Waals surface area contributed by atoms with Gasteiger partial charge in [-0.1, -0.05) is 26.0 Å². The normalized spacial score (nSPS) is 26.3. The molecule has 1 aliphatic carbocycles. The van der Waals surface area contributed by atoms with Gasteiger partial charge in [0.25, 0.3) is 0 Å². The zero-order valence-electron chi connectivity index (χ0n) is 16.2. The summed E-state index contributed by atoms with van der Waals surface area (Å²) >= 11 is 0. The fourth-order valence-electron chi connectivity index (χ4n) is 4.39. The molecule has 2 fully saturated rings. The van der Waals surface area contributed by atoms with Crippen LogP contribution in [0.5, 0.6) is 0 Å². The second-order valence-electron chi connectivity index (χ2n) is 7.89. The lowest BCUT2D eigenvalue weighted by molar-refractivity contribution is -0.106. The maximum Gasteiger partial charge on any atom is 0.191 e. The summed E-state index contributed by atoms with van der Waals surface area (Å²) in [6.07, 6.45) is 4.74. The molecule has 3 unspecified atom stereocenters. The number of ether oxygens (including phenoxy) is 1. The lowest BCUT2D eigenvalue weighted by Crippen LogP contribution is -2.67. The average molecular weight is 368 g/mol. The van der Waals surface area contributed by atoms with Gasteiger partial charge >= 0.3 is 0 Å². The zero-order chi connectivity index (χ0) is 18.9. The molecule has 144 valence electrons. The Kier molecular flexibility index (Phi) is 4.86. The van der Waals surface area contributed by atoms with Gasteiger partial charge in [0.1, 0.15) is 12.7 Å². The van der Waals surface area contributed by atoms with Crippen molar-refractivity contribution in [3.05, 3.63) is 42.5 Å². The van der Waals surface area contributed by atoms with E-state index in [9.17, 15) is 0 Å². The highest BCUT2D eigenvalue weighted by molar-refractivity contribution is 5.80. The van der Waals surface area contributed by atoms with Gasteiger partial charge in [-0.25, -0.2) is 14.7 Å². The Morgan fingerprint density at radius 2 is 2.30 bits per heavy atom. The van der Waals surface area contributed by atoms with Crippen LogP contribution in [0.4, 0.5) is 0 Å². The fraction of sp³-hybridized carbons (Fsp3) is 0.550. The largest absolute Gasteiger partial charge is 0.377 e. The Bertz CT molecular complexity index is 801. The number of nitrogens with one attached hydrogen (secondary N) is 2. The van der Waals surface area contributed by atoms with Crippen LogP contribution in [0.1, 0.15) is 32.8 Å². The molecule has 7 heteroatoms. The third kappa shape index (κ3) is 3.43. The number of aromatic nitrogens is 3. The van der Waals surface area contributed by atoms with Crippen molar-refractivity contribution in [1.29, 1.82) is 0 Å². The highest BCUT2D eigenvalue weighted by Gasteiger charge is 2.59. The minimum atomic E-state index is 0.129. The van der Waals surface area contributed by atoms with Gasteiger partial charge in [-0.05, 0) is 31.0 Å². The van der Waals surface area contributed by atoms with Gasteiger partial charge in [-0.2, -0.15) is 5.10 Å².